The quantitative estimate of drug-likeness (QED) is 0.809. The summed E-state index contributed by atoms with van der Waals surface area (Å²) in [6.45, 7) is 7.74. The molecule has 0 saturated carbocycles. The molecule has 1 aliphatic rings. The van der Waals surface area contributed by atoms with Gasteiger partial charge in [-0.1, -0.05) is 19.9 Å². The molecule has 1 fully saturated rings. The molecule has 2 heterocycles. The highest BCUT2D eigenvalue weighted by Gasteiger charge is 2.21. The number of hydrogen-bond donors (Lipinski definition) is 0. The van der Waals surface area contributed by atoms with E-state index >= 15 is 0 Å². The zero-order valence-electron chi connectivity index (χ0n) is 13.8. The van der Waals surface area contributed by atoms with Gasteiger partial charge in [0.15, 0.2) is 0 Å². The van der Waals surface area contributed by atoms with Crippen LogP contribution in [0.25, 0.3) is 11.0 Å². The van der Waals surface area contributed by atoms with Gasteiger partial charge in [-0.05, 0) is 42.9 Å². The summed E-state index contributed by atoms with van der Waals surface area (Å²) in [5, 5.41) is 0. The molecule has 0 spiro atoms. The zero-order chi connectivity index (χ0) is 15.6. The van der Waals surface area contributed by atoms with E-state index in [1.165, 1.54) is 11.1 Å². The summed E-state index contributed by atoms with van der Waals surface area (Å²) in [6, 6.07) is 4.33. The Labute approximate surface area is 126 Å². The Morgan fingerprint density at radius 2 is 1.71 bits per heavy atom. The average Bonchev–Trinajstić information content (AvgIpc) is 2.74. The van der Waals surface area contributed by atoms with Crippen LogP contribution in [-0.4, -0.2) is 22.3 Å². The molecule has 0 N–H and O–H groups in total. The molecule has 0 bridgehead atoms. The molecule has 0 amide bonds. The van der Waals surface area contributed by atoms with E-state index in [0.29, 0.717) is 5.92 Å². The Balaban J connectivity index is 0.000000774. The van der Waals surface area contributed by atoms with E-state index in [1.54, 1.807) is 9.13 Å². The largest absolute Gasteiger partial charge is 0.381 e. The van der Waals surface area contributed by atoms with Gasteiger partial charge in [-0.15, -0.1) is 0 Å². The molecule has 2 aromatic rings. The van der Waals surface area contributed by atoms with Gasteiger partial charge in [-0.25, -0.2) is 4.79 Å². The first-order chi connectivity index (χ1) is 10.1. The number of imidazole rings is 1. The first-order valence-corrected chi connectivity index (χ1v) is 7.83. The van der Waals surface area contributed by atoms with Crippen LogP contribution < -0.4 is 5.69 Å². The van der Waals surface area contributed by atoms with Gasteiger partial charge in [0.25, 0.3) is 0 Å². The van der Waals surface area contributed by atoms with E-state index in [4.69, 9.17) is 4.74 Å². The molecule has 3 rings (SSSR count). The number of aryl methyl sites for hydroxylation is 3. The minimum Gasteiger partial charge on any atom is -0.381 e. The number of nitrogens with zero attached hydrogens (tertiary/aromatic N) is 2. The standard InChI is InChI=1S/C15H20N2O2.C2H6/c1-10-8-12(11-4-6-19-7-5-11)14-13(9-10)16(2)15(18)17(14)3;1-2/h8-9,11H,4-7H2,1-3H3;1-2H3. The smallest absolute Gasteiger partial charge is 0.328 e. The van der Waals surface area contributed by atoms with Crippen LogP contribution in [0.15, 0.2) is 16.9 Å². The van der Waals surface area contributed by atoms with E-state index in [9.17, 15) is 4.79 Å². The molecule has 4 nitrogen and oxygen atoms in total. The van der Waals surface area contributed by atoms with Gasteiger partial charge < -0.3 is 4.74 Å². The Kier molecular flexibility index (Phi) is 4.88. The molecular weight excluding hydrogens is 264 g/mol. The van der Waals surface area contributed by atoms with Crippen LogP contribution in [0.2, 0.25) is 0 Å². The summed E-state index contributed by atoms with van der Waals surface area (Å²) in [6.07, 6.45) is 2.09. The monoisotopic (exact) mass is 290 g/mol. The normalized spacial score (nSPS) is 15.9. The van der Waals surface area contributed by atoms with E-state index < -0.39 is 0 Å². The van der Waals surface area contributed by atoms with Gasteiger partial charge in [0, 0.05) is 27.3 Å². The number of fused-ring (bicyclic) bond motifs is 1. The van der Waals surface area contributed by atoms with Crippen LogP contribution in [0.4, 0.5) is 0 Å². The SMILES string of the molecule is CC.Cc1cc(C2CCOCC2)c2c(c1)n(C)c(=O)n2C. The predicted octanol–water partition coefficient (Wildman–Crippen LogP) is 3.11. The van der Waals surface area contributed by atoms with Crippen molar-refractivity contribution in [3.63, 3.8) is 0 Å². The fraction of sp³-hybridized carbons (Fsp3) is 0.588. The summed E-state index contributed by atoms with van der Waals surface area (Å²) in [4.78, 5) is 12.1. The lowest BCUT2D eigenvalue weighted by molar-refractivity contribution is 0.0855. The first kappa shape index (κ1) is 15.8. The Bertz CT molecular complexity index is 676. The second-order valence-electron chi connectivity index (χ2n) is 5.51. The molecule has 0 atom stereocenters. The highest BCUT2D eigenvalue weighted by atomic mass is 16.5. The van der Waals surface area contributed by atoms with Gasteiger partial charge in [0.2, 0.25) is 0 Å². The number of hydrogen-bond acceptors (Lipinski definition) is 2. The van der Waals surface area contributed by atoms with Gasteiger partial charge >= 0.3 is 5.69 Å². The van der Waals surface area contributed by atoms with Crippen molar-refractivity contribution in [2.45, 2.75) is 39.5 Å². The molecule has 1 aliphatic heterocycles. The Morgan fingerprint density at radius 3 is 2.33 bits per heavy atom. The zero-order valence-corrected chi connectivity index (χ0v) is 13.8. The van der Waals surface area contributed by atoms with Gasteiger partial charge in [0.1, 0.15) is 0 Å². The second-order valence-corrected chi connectivity index (χ2v) is 5.51. The van der Waals surface area contributed by atoms with Crippen molar-refractivity contribution in [3.05, 3.63) is 33.7 Å². The average molecular weight is 290 g/mol. The maximum atomic E-state index is 12.1. The van der Waals surface area contributed by atoms with Crippen molar-refractivity contribution in [2.24, 2.45) is 14.1 Å². The number of benzene rings is 1. The topological polar surface area (TPSA) is 36.2 Å². The second kappa shape index (κ2) is 6.48. The van der Waals surface area contributed by atoms with Crippen molar-refractivity contribution >= 4 is 11.0 Å². The first-order valence-electron chi connectivity index (χ1n) is 7.83. The third-order valence-electron chi connectivity index (χ3n) is 4.20. The fourth-order valence-electron chi connectivity index (χ4n) is 3.15. The minimum absolute atomic E-state index is 0.0499. The van der Waals surface area contributed by atoms with Crippen molar-refractivity contribution in [1.82, 2.24) is 9.13 Å². The minimum atomic E-state index is 0.0499. The summed E-state index contributed by atoms with van der Waals surface area (Å²) < 4.78 is 8.97. The Morgan fingerprint density at radius 1 is 1.10 bits per heavy atom. The number of ether oxygens (including phenoxy) is 1. The highest BCUT2D eigenvalue weighted by Crippen LogP contribution is 2.32. The van der Waals surface area contributed by atoms with Crippen LogP contribution >= 0.6 is 0 Å². The third kappa shape index (κ3) is 2.77. The van der Waals surface area contributed by atoms with E-state index in [1.807, 2.05) is 27.9 Å². The molecule has 4 heteroatoms. The molecule has 0 aliphatic carbocycles. The van der Waals surface area contributed by atoms with Crippen LogP contribution in [0.1, 0.15) is 43.7 Å². The van der Waals surface area contributed by atoms with Gasteiger partial charge in [-0.3, -0.25) is 9.13 Å². The van der Waals surface area contributed by atoms with E-state index in [-0.39, 0.29) is 5.69 Å². The molecule has 116 valence electrons. The summed E-state index contributed by atoms with van der Waals surface area (Å²) in [5.41, 5.74) is 4.70. The summed E-state index contributed by atoms with van der Waals surface area (Å²) in [5.74, 6) is 0.504. The summed E-state index contributed by atoms with van der Waals surface area (Å²) in [7, 11) is 3.71. The van der Waals surface area contributed by atoms with Crippen molar-refractivity contribution in [2.75, 3.05) is 13.2 Å². The van der Waals surface area contributed by atoms with Crippen LogP contribution in [0, 0.1) is 6.92 Å². The maximum absolute atomic E-state index is 12.1. The molecule has 0 radical (unpaired) electrons. The van der Waals surface area contributed by atoms with Crippen LogP contribution in [-0.2, 0) is 18.8 Å². The number of aromatic nitrogens is 2. The van der Waals surface area contributed by atoms with Crippen LogP contribution in [0.3, 0.4) is 0 Å². The molecular formula is C17H26N2O2. The Hall–Kier alpha value is -1.55. The molecule has 1 aromatic carbocycles. The number of rotatable bonds is 1. The highest BCUT2D eigenvalue weighted by molar-refractivity contribution is 5.81. The maximum Gasteiger partial charge on any atom is 0.328 e. The van der Waals surface area contributed by atoms with Crippen molar-refractivity contribution in [3.8, 4) is 0 Å². The lowest BCUT2D eigenvalue weighted by atomic mass is 9.89. The third-order valence-corrected chi connectivity index (χ3v) is 4.20. The molecule has 1 aromatic heterocycles. The lowest BCUT2D eigenvalue weighted by Gasteiger charge is -2.23. The van der Waals surface area contributed by atoms with E-state index in [2.05, 4.69) is 19.1 Å². The fourth-order valence-corrected chi connectivity index (χ4v) is 3.15. The van der Waals surface area contributed by atoms with Crippen molar-refractivity contribution in [1.29, 1.82) is 0 Å². The lowest BCUT2D eigenvalue weighted by Crippen LogP contribution is -2.20. The summed E-state index contributed by atoms with van der Waals surface area (Å²) >= 11 is 0. The van der Waals surface area contributed by atoms with Gasteiger partial charge in [-0.2, -0.15) is 0 Å². The van der Waals surface area contributed by atoms with Crippen LogP contribution in [0.5, 0.6) is 0 Å². The predicted molar refractivity (Wildman–Crippen MR) is 87.0 cm³/mol. The molecule has 21 heavy (non-hydrogen) atoms. The molecule has 1 saturated heterocycles. The molecule has 0 unspecified atom stereocenters. The van der Waals surface area contributed by atoms with Gasteiger partial charge in [0.05, 0.1) is 11.0 Å². The van der Waals surface area contributed by atoms with E-state index in [0.717, 1.165) is 37.1 Å². The van der Waals surface area contributed by atoms with Crippen molar-refractivity contribution < 1.29 is 4.74 Å².